The average molecular weight is 160 g/mol. The Morgan fingerprint density at radius 2 is 2.18 bits per heavy atom. The Morgan fingerprint density at radius 1 is 1.64 bits per heavy atom. The fraction of sp³-hybridized carbons (Fsp3) is 0.875. The molecule has 0 amide bonds. The fourth-order valence-corrected chi connectivity index (χ4v) is 0.795. The zero-order valence-electron chi connectivity index (χ0n) is 7.39. The second-order valence-corrected chi connectivity index (χ2v) is 2.90. The van der Waals surface area contributed by atoms with Gasteiger partial charge in [-0.2, -0.15) is 0 Å². The Bertz CT molecular complexity index is 127. The van der Waals surface area contributed by atoms with Crippen LogP contribution in [0.3, 0.4) is 0 Å². The number of carboxylic acid groups (broad SMARTS) is 1. The fourth-order valence-electron chi connectivity index (χ4n) is 0.795. The van der Waals surface area contributed by atoms with Crippen LogP contribution in [0, 0.1) is 0 Å². The molecule has 0 aromatic rings. The predicted octanol–water partition coefficient (Wildman–Crippen LogP) is 1.67. The third-order valence-corrected chi connectivity index (χ3v) is 2.11. The molecule has 11 heavy (non-hydrogen) atoms. The zero-order chi connectivity index (χ0) is 8.91. The van der Waals surface area contributed by atoms with E-state index < -0.39 is 5.97 Å². The summed E-state index contributed by atoms with van der Waals surface area (Å²) in [6.45, 7) is 3.92. The Balaban J connectivity index is 3.78. The summed E-state index contributed by atoms with van der Waals surface area (Å²) in [4.78, 5) is 10.2. The van der Waals surface area contributed by atoms with Gasteiger partial charge in [0.15, 0.2) is 0 Å². The minimum absolute atomic E-state index is 0.179. The second kappa shape index (κ2) is 4.34. The van der Waals surface area contributed by atoms with Gasteiger partial charge in [-0.1, -0.05) is 6.92 Å². The molecule has 0 aliphatic heterocycles. The number of aliphatic carboxylic acids is 1. The van der Waals surface area contributed by atoms with E-state index in [4.69, 9.17) is 9.84 Å². The van der Waals surface area contributed by atoms with Crippen LogP contribution in [0.2, 0.25) is 0 Å². The molecule has 66 valence electrons. The van der Waals surface area contributed by atoms with E-state index in [0.717, 1.165) is 6.42 Å². The molecule has 0 aliphatic carbocycles. The predicted molar refractivity (Wildman–Crippen MR) is 42.6 cm³/mol. The van der Waals surface area contributed by atoms with Gasteiger partial charge in [0.05, 0.1) is 5.60 Å². The highest BCUT2D eigenvalue weighted by Gasteiger charge is 2.21. The first kappa shape index (κ1) is 10.4. The molecular formula is C8H16O3. The Kier molecular flexibility index (Phi) is 4.11. The third-order valence-electron chi connectivity index (χ3n) is 2.11. The van der Waals surface area contributed by atoms with Gasteiger partial charge in [-0.05, 0) is 19.8 Å². The summed E-state index contributed by atoms with van der Waals surface area (Å²) >= 11 is 0. The lowest BCUT2D eigenvalue weighted by molar-refractivity contribution is -0.138. The van der Waals surface area contributed by atoms with E-state index in [0.29, 0.717) is 6.42 Å². The summed E-state index contributed by atoms with van der Waals surface area (Å²) in [6, 6.07) is 0. The van der Waals surface area contributed by atoms with Crippen molar-refractivity contribution in [3.63, 3.8) is 0 Å². The van der Waals surface area contributed by atoms with Crippen molar-refractivity contribution in [3.05, 3.63) is 0 Å². The van der Waals surface area contributed by atoms with Crippen molar-refractivity contribution in [1.29, 1.82) is 0 Å². The van der Waals surface area contributed by atoms with Gasteiger partial charge in [-0.3, -0.25) is 4.79 Å². The monoisotopic (exact) mass is 160 g/mol. The summed E-state index contributed by atoms with van der Waals surface area (Å²) in [6.07, 6.45) is 1.60. The molecule has 0 aromatic carbocycles. The lowest BCUT2D eigenvalue weighted by Crippen LogP contribution is -2.26. The topological polar surface area (TPSA) is 46.5 Å². The molecule has 0 rings (SSSR count). The lowest BCUT2D eigenvalue weighted by atomic mass is 9.97. The number of rotatable bonds is 5. The van der Waals surface area contributed by atoms with Gasteiger partial charge in [-0.25, -0.2) is 0 Å². The van der Waals surface area contributed by atoms with Crippen LogP contribution in [0.5, 0.6) is 0 Å². The normalized spacial score (nSPS) is 15.9. The zero-order valence-corrected chi connectivity index (χ0v) is 7.39. The van der Waals surface area contributed by atoms with Gasteiger partial charge < -0.3 is 9.84 Å². The van der Waals surface area contributed by atoms with Crippen LogP contribution in [-0.4, -0.2) is 23.8 Å². The summed E-state index contributed by atoms with van der Waals surface area (Å²) < 4.78 is 5.17. The van der Waals surface area contributed by atoms with Crippen molar-refractivity contribution in [3.8, 4) is 0 Å². The number of hydrogen-bond acceptors (Lipinski definition) is 2. The molecule has 3 nitrogen and oxygen atoms in total. The molecular weight excluding hydrogens is 144 g/mol. The molecule has 0 saturated carbocycles. The average Bonchev–Trinajstić information content (AvgIpc) is 2.00. The Morgan fingerprint density at radius 3 is 2.45 bits per heavy atom. The number of methoxy groups -OCH3 is 1. The summed E-state index contributed by atoms with van der Waals surface area (Å²) in [5.41, 5.74) is -0.265. The first-order chi connectivity index (χ1) is 5.04. The summed E-state index contributed by atoms with van der Waals surface area (Å²) in [5.74, 6) is -0.762. The highest BCUT2D eigenvalue weighted by molar-refractivity contribution is 5.66. The van der Waals surface area contributed by atoms with Crippen LogP contribution < -0.4 is 0 Å². The van der Waals surface area contributed by atoms with E-state index in [9.17, 15) is 4.79 Å². The van der Waals surface area contributed by atoms with Gasteiger partial charge in [0.25, 0.3) is 0 Å². The van der Waals surface area contributed by atoms with Crippen LogP contribution in [0.1, 0.15) is 33.1 Å². The largest absolute Gasteiger partial charge is 0.481 e. The van der Waals surface area contributed by atoms with Gasteiger partial charge in [0.1, 0.15) is 0 Å². The van der Waals surface area contributed by atoms with Crippen molar-refractivity contribution >= 4 is 5.97 Å². The van der Waals surface area contributed by atoms with E-state index in [2.05, 4.69) is 0 Å². The molecule has 0 aromatic heterocycles. The van der Waals surface area contributed by atoms with E-state index in [1.165, 1.54) is 0 Å². The lowest BCUT2D eigenvalue weighted by Gasteiger charge is -2.25. The molecule has 1 atom stereocenters. The van der Waals surface area contributed by atoms with E-state index in [1.54, 1.807) is 7.11 Å². The molecule has 0 fully saturated rings. The third kappa shape index (κ3) is 3.98. The smallest absolute Gasteiger partial charge is 0.303 e. The second-order valence-electron chi connectivity index (χ2n) is 2.90. The number of hydrogen-bond donors (Lipinski definition) is 1. The van der Waals surface area contributed by atoms with Crippen LogP contribution in [0.15, 0.2) is 0 Å². The molecule has 0 spiro atoms. The van der Waals surface area contributed by atoms with Crippen molar-refractivity contribution in [2.24, 2.45) is 0 Å². The molecule has 0 aliphatic rings. The van der Waals surface area contributed by atoms with E-state index in [1.807, 2.05) is 13.8 Å². The number of carboxylic acids is 1. The van der Waals surface area contributed by atoms with Crippen molar-refractivity contribution < 1.29 is 14.6 Å². The standard InChI is InChI=1S/C8H16O3/c1-4-8(2,11-3)6-5-7(9)10/h4-6H2,1-3H3,(H,9,10). The minimum atomic E-state index is -0.762. The van der Waals surface area contributed by atoms with Crippen molar-refractivity contribution in [2.45, 2.75) is 38.7 Å². The van der Waals surface area contributed by atoms with Crippen LogP contribution in [0.25, 0.3) is 0 Å². The van der Waals surface area contributed by atoms with Gasteiger partial charge in [0, 0.05) is 13.5 Å². The van der Waals surface area contributed by atoms with Crippen LogP contribution in [0.4, 0.5) is 0 Å². The van der Waals surface area contributed by atoms with Crippen molar-refractivity contribution in [2.75, 3.05) is 7.11 Å². The maximum absolute atomic E-state index is 10.2. The van der Waals surface area contributed by atoms with Gasteiger partial charge >= 0.3 is 5.97 Å². The molecule has 0 bridgehead atoms. The quantitative estimate of drug-likeness (QED) is 0.665. The first-order valence-corrected chi connectivity index (χ1v) is 3.81. The van der Waals surface area contributed by atoms with Crippen LogP contribution in [-0.2, 0) is 9.53 Å². The maximum atomic E-state index is 10.2. The molecule has 1 N–H and O–H groups in total. The van der Waals surface area contributed by atoms with Gasteiger partial charge in [0.2, 0.25) is 0 Å². The molecule has 1 unspecified atom stereocenters. The van der Waals surface area contributed by atoms with Crippen LogP contribution >= 0.6 is 0 Å². The van der Waals surface area contributed by atoms with Crippen molar-refractivity contribution in [1.82, 2.24) is 0 Å². The highest BCUT2D eigenvalue weighted by Crippen LogP contribution is 2.20. The summed E-state index contributed by atoms with van der Waals surface area (Å²) in [7, 11) is 1.62. The Hall–Kier alpha value is -0.570. The maximum Gasteiger partial charge on any atom is 0.303 e. The van der Waals surface area contributed by atoms with Gasteiger partial charge in [-0.15, -0.1) is 0 Å². The number of carbonyl (C=O) groups is 1. The molecule has 0 heterocycles. The SMILES string of the molecule is CCC(C)(CCC(=O)O)OC. The Labute approximate surface area is 67.4 Å². The molecule has 0 radical (unpaired) electrons. The molecule has 0 saturated heterocycles. The van der Waals surface area contributed by atoms with E-state index >= 15 is 0 Å². The number of ether oxygens (including phenoxy) is 1. The molecule has 3 heteroatoms. The van der Waals surface area contributed by atoms with E-state index in [-0.39, 0.29) is 12.0 Å². The highest BCUT2D eigenvalue weighted by atomic mass is 16.5. The summed E-state index contributed by atoms with van der Waals surface area (Å²) in [5, 5.41) is 8.41. The minimum Gasteiger partial charge on any atom is -0.481 e. The first-order valence-electron chi connectivity index (χ1n) is 3.81.